The van der Waals surface area contributed by atoms with Crippen molar-refractivity contribution in [2.75, 3.05) is 9.80 Å². The largest absolute Gasteiger partial charge is 0.311 e. The van der Waals surface area contributed by atoms with Crippen LogP contribution in [0.15, 0.2) is 115 Å². The second-order valence-corrected chi connectivity index (χ2v) is 24.5. The molecule has 3 aliphatic rings. The first-order valence-electron chi connectivity index (χ1n) is 23.3. The monoisotopic (exact) mass is 844 g/mol. The van der Waals surface area contributed by atoms with Gasteiger partial charge in [-0.05, 0) is 156 Å². The van der Waals surface area contributed by atoms with Gasteiger partial charge in [-0.15, -0.1) is 11.3 Å². The molecule has 0 saturated heterocycles. The van der Waals surface area contributed by atoms with Crippen molar-refractivity contribution in [3.05, 3.63) is 149 Å². The number of nitrogens with zero attached hydrogens (tertiary/aromatic N) is 2. The van der Waals surface area contributed by atoms with Gasteiger partial charge in [0.2, 0.25) is 0 Å². The van der Waals surface area contributed by atoms with Crippen LogP contribution in [-0.4, -0.2) is 6.71 Å². The van der Waals surface area contributed by atoms with Gasteiger partial charge in [0, 0.05) is 33.0 Å². The molecular formula is C59H65BN2S. The Morgan fingerprint density at radius 1 is 0.524 bits per heavy atom. The van der Waals surface area contributed by atoms with Crippen LogP contribution in [0.4, 0.5) is 33.4 Å². The summed E-state index contributed by atoms with van der Waals surface area (Å²) in [4.78, 5) is 5.31. The highest BCUT2D eigenvalue weighted by Gasteiger charge is 2.48. The lowest BCUT2D eigenvalue weighted by Crippen LogP contribution is -2.61. The Morgan fingerprint density at radius 3 is 1.70 bits per heavy atom. The highest BCUT2D eigenvalue weighted by molar-refractivity contribution is 7.26. The molecule has 0 atom stereocenters. The van der Waals surface area contributed by atoms with E-state index >= 15 is 0 Å². The lowest BCUT2D eigenvalue weighted by atomic mass is 9.33. The standard InChI is InChI=1S/C59H65BN2S/c1-36-30-49-53-50(31-36)62(47-26-22-39(56(5,6)7)32-42(47)37-18-16-15-17-19-37)48-35-45-44(58(11,12)28-29-59(45,13)14)34-46(48)60(53)52-43-33-40(57(8,9)10)23-27-51(43)63-54(52)61(49)41-24-20-38(21-25-41)55(2,3)4/h15-27,30-35H,28-29H2,1-14H3. The first-order valence-corrected chi connectivity index (χ1v) is 24.2. The molecule has 10 rings (SSSR count). The topological polar surface area (TPSA) is 6.48 Å². The summed E-state index contributed by atoms with van der Waals surface area (Å²) in [5, 5.41) is 2.72. The molecule has 1 aromatic heterocycles. The Bertz CT molecular complexity index is 2960. The minimum Gasteiger partial charge on any atom is -0.311 e. The van der Waals surface area contributed by atoms with Gasteiger partial charge < -0.3 is 9.80 Å². The minimum absolute atomic E-state index is 0.00447. The number of benzene rings is 6. The van der Waals surface area contributed by atoms with Gasteiger partial charge in [0.05, 0.1) is 10.7 Å². The van der Waals surface area contributed by atoms with Crippen molar-refractivity contribution in [2.45, 2.75) is 137 Å². The fourth-order valence-corrected chi connectivity index (χ4v) is 12.1. The Balaban J connectivity index is 1.36. The highest BCUT2D eigenvalue weighted by Crippen LogP contribution is 2.53. The molecule has 2 nitrogen and oxygen atoms in total. The van der Waals surface area contributed by atoms with Crippen LogP contribution >= 0.6 is 11.3 Å². The van der Waals surface area contributed by atoms with Crippen molar-refractivity contribution in [3.8, 4) is 11.1 Å². The normalized spacial score (nSPS) is 16.4. The molecule has 0 amide bonds. The molecule has 2 aliphatic heterocycles. The zero-order valence-corrected chi connectivity index (χ0v) is 41.1. The average molecular weight is 845 g/mol. The van der Waals surface area contributed by atoms with E-state index in [-0.39, 0.29) is 33.8 Å². The molecule has 0 radical (unpaired) electrons. The summed E-state index contributed by atoms with van der Waals surface area (Å²) in [5.41, 5.74) is 21.6. The Labute approximate surface area is 382 Å². The first kappa shape index (κ1) is 41.9. The second kappa shape index (κ2) is 14.0. The van der Waals surface area contributed by atoms with Crippen LogP contribution in [-0.2, 0) is 27.1 Å². The summed E-state index contributed by atoms with van der Waals surface area (Å²) < 4.78 is 1.35. The van der Waals surface area contributed by atoms with Crippen molar-refractivity contribution in [1.82, 2.24) is 0 Å². The molecule has 4 heteroatoms. The van der Waals surface area contributed by atoms with Gasteiger partial charge in [0.1, 0.15) is 0 Å². The number of thiophene rings is 1. The molecule has 0 fully saturated rings. The van der Waals surface area contributed by atoms with E-state index in [2.05, 4.69) is 222 Å². The third kappa shape index (κ3) is 6.72. The van der Waals surface area contributed by atoms with Gasteiger partial charge in [0.25, 0.3) is 6.71 Å². The predicted molar refractivity (Wildman–Crippen MR) is 277 cm³/mol. The van der Waals surface area contributed by atoms with E-state index in [0.717, 1.165) is 0 Å². The Morgan fingerprint density at radius 2 is 1.08 bits per heavy atom. The van der Waals surface area contributed by atoms with Gasteiger partial charge in [-0.2, -0.15) is 0 Å². The molecular weight excluding hydrogens is 780 g/mol. The van der Waals surface area contributed by atoms with Crippen molar-refractivity contribution in [1.29, 1.82) is 0 Å². The van der Waals surface area contributed by atoms with Gasteiger partial charge in [0.15, 0.2) is 0 Å². The molecule has 6 aromatic carbocycles. The predicted octanol–water partition coefficient (Wildman–Crippen LogP) is 15.2. The van der Waals surface area contributed by atoms with E-state index in [4.69, 9.17) is 0 Å². The summed E-state index contributed by atoms with van der Waals surface area (Å²) in [6, 6.07) is 45.5. The van der Waals surface area contributed by atoms with Crippen molar-refractivity contribution in [2.24, 2.45) is 0 Å². The molecule has 0 unspecified atom stereocenters. The zero-order valence-electron chi connectivity index (χ0n) is 40.3. The maximum Gasteiger partial charge on any atom is 0.254 e. The number of hydrogen-bond donors (Lipinski definition) is 0. The zero-order chi connectivity index (χ0) is 44.8. The van der Waals surface area contributed by atoms with Crippen molar-refractivity contribution >= 4 is 78.0 Å². The van der Waals surface area contributed by atoms with Crippen molar-refractivity contribution < 1.29 is 0 Å². The summed E-state index contributed by atoms with van der Waals surface area (Å²) >= 11 is 1.97. The second-order valence-electron chi connectivity index (χ2n) is 23.5. The minimum atomic E-state index is -0.00447. The van der Waals surface area contributed by atoms with Crippen LogP contribution in [0.3, 0.4) is 0 Å². The summed E-state index contributed by atoms with van der Waals surface area (Å²) in [6.07, 6.45) is 2.34. The third-order valence-corrected chi connectivity index (χ3v) is 16.0. The van der Waals surface area contributed by atoms with Crippen LogP contribution in [0.2, 0.25) is 0 Å². The Kier molecular flexibility index (Phi) is 9.30. The van der Waals surface area contributed by atoms with E-state index in [1.807, 2.05) is 11.3 Å². The van der Waals surface area contributed by atoms with E-state index in [1.165, 1.54) is 117 Å². The molecule has 0 spiro atoms. The van der Waals surface area contributed by atoms with Crippen LogP contribution < -0.4 is 26.2 Å². The fraction of sp³-hybridized carbons (Fsp3) is 0.356. The van der Waals surface area contributed by atoms with E-state index in [0.29, 0.717) is 0 Å². The molecule has 1 aliphatic carbocycles. The molecule has 0 saturated carbocycles. The first-order chi connectivity index (χ1) is 29.5. The number of rotatable bonds is 3. The van der Waals surface area contributed by atoms with Crippen LogP contribution in [0.5, 0.6) is 0 Å². The van der Waals surface area contributed by atoms with Gasteiger partial charge in [-0.25, -0.2) is 0 Å². The van der Waals surface area contributed by atoms with Crippen LogP contribution in [0.1, 0.15) is 136 Å². The SMILES string of the molecule is Cc1cc2c3c(c1)N(c1ccc(C(C)(C)C)cc1)c1sc4ccc(C(C)(C)C)cc4c1B3c1cc3c(cc1N2c1ccc(C(C)(C)C)cc1-c1ccccc1)C(C)(C)CCC3(C)C. The van der Waals surface area contributed by atoms with Crippen LogP contribution in [0, 0.1) is 6.92 Å². The lowest BCUT2D eigenvalue weighted by molar-refractivity contribution is 0.332. The molecule has 320 valence electrons. The van der Waals surface area contributed by atoms with Crippen molar-refractivity contribution in [3.63, 3.8) is 0 Å². The van der Waals surface area contributed by atoms with Gasteiger partial charge in [-0.1, -0.05) is 157 Å². The van der Waals surface area contributed by atoms with Gasteiger partial charge >= 0.3 is 0 Å². The maximum atomic E-state index is 2.69. The van der Waals surface area contributed by atoms with Gasteiger partial charge in [-0.3, -0.25) is 0 Å². The lowest BCUT2D eigenvalue weighted by Gasteiger charge is -2.47. The number of aryl methyl sites for hydroxylation is 1. The summed E-state index contributed by atoms with van der Waals surface area (Å²) in [5.74, 6) is 0. The highest BCUT2D eigenvalue weighted by atomic mass is 32.1. The summed E-state index contributed by atoms with van der Waals surface area (Å²) in [7, 11) is 0. The third-order valence-electron chi connectivity index (χ3n) is 14.8. The molecule has 0 bridgehead atoms. The molecule has 0 N–H and O–H groups in total. The van der Waals surface area contributed by atoms with E-state index in [9.17, 15) is 0 Å². The molecule has 63 heavy (non-hydrogen) atoms. The fourth-order valence-electron chi connectivity index (χ4n) is 10.9. The van der Waals surface area contributed by atoms with E-state index in [1.54, 1.807) is 0 Å². The quantitative estimate of drug-likeness (QED) is 0.164. The summed E-state index contributed by atoms with van der Waals surface area (Å²) in [6.45, 7) is 33.3. The smallest absolute Gasteiger partial charge is 0.254 e. The number of anilines is 6. The van der Waals surface area contributed by atoms with E-state index < -0.39 is 0 Å². The Hall–Kier alpha value is -5.06. The number of hydrogen-bond acceptors (Lipinski definition) is 3. The van der Waals surface area contributed by atoms with Crippen LogP contribution in [0.25, 0.3) is 21.2 Å². The molecule has 7 aromatic rings. The number of fused-ring (bicyclic) bond motifs is 7. The maximum absolute atomic E-state index is 2.69. The molecule has 3 heterocycles. The average Bonchev–Trinajstić information content (AvgIpc) is 3.59.